The second-order valence-corrected chi connectivity index (χ2v) is 7.35. The summed E-state index contributed by atoms with van der Waals surface area (Å²) >= 11 is 1.49. The Kier molecular flexibility index (Phi) is 5.38. The van der Waals surface area contributed by atoms with E-state index < -0.39 is 0 Å². The van der Waals surface area contributed by atoms with Crippen molar-refractivity contribution in [1.82, 2.24) is 15.2 Å². The number of nitrogens with one attached hydrogen (secondary N) is 2. The van der Waals surface area contributed by atoms with Gasteiger partial charge >= 0.3 is 0 Å². The Balaban J connectivity index is 1.44. The van der Waals surface area contributed by atoms with Crippen LogP contribution in [0.4, 0.5) is 11.4 Å². The van der Waals surface area contributed by atoms with Gasteiger partial charge in [0.05, 0.1) is 0 Å². The van der Waals surface area contributed by atoms with Gasteiger partial charge in [-0.15, -0.1) is 0 Å². The number of hydrogen-bond donors (Lipinski definition) is 2. The Labute approximate surface area is 166 Å². The number of rotatable bonds is 6. The summed E-state index contributed by atoms with van der Waals surface area (Å²) in [6, 6.07) is 14.9. The maximum atomic E-state index is 12.8. The molecule has 4 rings (SSSR count). The minimum Gasteiger partial charge on any atom is -0.322 e. The Morgan fingerprint density at radius 1 is 1.18 bits per heavy atom. The normalized spacial score (nSPS) is 13.7. The molecule has 0 aliphatic carbocycles. The second kappa shape index (κ2) is 8.26. The number of aromatic nitrogens is 3. The van der Waals surface area contributed by atoms with Gasteiger partial charge in [0.25, 0.3) is 5.91 Å². The molecule has 28 heavy (non-hydrogen) atoms. The van der Waals surface area contributed by atoms with Gasteiger partial charge in [-0.1, -0.05) is 30.0 Å². The van der Waals surface area contributed by atoms with E-state index in [0.29, 0.717) is 28.6 Å². The van der Waals surface area contributed by atoms with Crippen LogP contribution in [0.15, 0.2) is 60.0 Å². The molecule has 2 amide bonds. The lowest BCUT2D eigenvalue weighted by Crippen LogP contribution is -2.23. The maximum Gasteiger partial charge on any atom is 0.255 e. The average molecular weight is 393 g/mol. The Hall–Kier alpha value is -3.13. The van der Waals surface area contributed by atoms with Crippen molar-refractivity contribution in [2.75, 3.05) is 16.8 Å². The van der Waals surface area contributed by atoms with Crippen molar-refractivity contribution in [3.8, 4) is 0 Å². The highest BCUT2D eigenvalue weighted by atomic mass is 32.2. The van der Waals surface area contributed by atoms with Crippen molar-refractivity contribution >= 4 is 35.0 Å². The van der Waals surface area contributed by atoms with Crippen LogP contribution in [0.25, 0.3) is 0 Å². The number of aromatic amines is 1. The van der Waals surface area contributed by atoms with Gasteiger partial charge in [0.2, 0.25) is 5.91 Å². The average Bonchev–Trinajstić information content (AvgIpc) is 3.39. The first kappa shape index (κ1) is 18.2. The van der Waals surface area contributed by atoms with Gasteiger partial charge in [0.15, 0.2) is 5.16 Å². The van der Waals surface area contributed by atoms with Crippen LogP contribution in [0.5, 0.6) is 0 Å². The quantitative estimate of drug-likeness (QED) is 0.626. The lowest BCUT2D eigenvalue weighted by molar-refractivity contribution is -0.117. The summed E-state index contributed by atoms with van der Waals surface area (Å²) in [7, 11) is 0. The van der Waals surface area contributed by atoms with Crippen LogP contribution < -0.4 is 10.2 Å². The SMILES string of the molecule is O=C(Nc1ccc(N2CCCC2=O)cc1)c1ccccc1CSc1ncn[nH]1. The highest BCUT2D eigenvalue weighted by molar-refractivity contribution is 7.98. The molecule has 1 aliphatic heterocycles. The standard InChI is InChI=1S/C20H19N5O2S/c26-18-6-3-11-25(18)16-9-7-15(8-10-16)23-19(27)17-5-2-1-4-14(17)12-28-20-21-13-22-24-20/h1-2,4-5,7-10,13H,3,6,11-12H2,(H,23,27)(H,21,22,24). The molecule has 0 unspecified atom stereocenters. The number of amides is 2. The number of anilines is 2. The van der Waals surface area contributed by atoms with E-state index in [2.05, 4.69) is 20.5 Å². The van der Waals surface area contributed by atoms with Gasteiger partial charge in [0.1, 0.15) is 6.33 Å². The maximum absolute atomic E-state index is 12.8. The molecular weight excluding hydrogens is 374 g/mol. The predicted molar refractivity (Wildman–Crippen MR) is 108 cm³/mol. The van der Waals surface area contributed by atoms with E-state index in [1.807, 2.05) is 48.5 Å². The molecule has 1 fully saturated rings. The first-order chi connectivity index (χ1) is 13.7. The summed E-state index contributed by atoms with van der Waals surface area (Å²) in [5.41, 5.74) is 3.09. The molecule has 3 aromatic rings. The molecule has 8 heteroatoms. The molecule has 0 spiro atoms. The fourth-order valence-electron chi connectivity index (χ4n) is 3.12. The molecule has 1 aliphatic rings. The highest BCUT2D eigenvalue weighted by Crippen LogP contribution is 2.24. The van der Waals surface area contributed by atoms with Crippen molar-refractivity contribution < 1.29 is 9.59 Å². The van der Waals surface area contributed by atoms with Crippen LogP contribution >= 0.6 is 11.8 Å². The third-order valence-electron chi connectivity index (χ3n) is 4.53. The number of nitrogens with zero attached hydrogens (tertiary/aromatic N) is 3. The fraction of sp³-hybridized carbons (Fsp3) is 0.200. The van der Waals surface area contributed by atoms with Gasteiger partial charge < -0.3 is 10.2 Å². The van der Waals surface area contributed by atoms with E-state index >= 15 is 0 Å². The molecule has 2 heterocycles. The molecule has 0 atom stereocenters. The molecule has 1 saturated heterocycles. The van der Waals surface area contributed by atoms with Crippen LogP contribution in [0.2, 0.25) is 0 Å². The van der Waals surface area contributed by atoms with Crippen LogP contribution in [-0.4, -0.2) is 33.5 Å². The monoisotopic (exact) mass is 393 g/mol. The minimum atomic E-state index is -0.168. The lowest BCUT2D eigenvalue weighted by Gasteiger charge is -2.16. The van der Waals surface area contributed by atoms with E-state index in [-0.39, 0.29) is 11.8 Å². The zero-order valence-electron chi connectivity index (χ0n) is 15.1. The first-order valence-electron chi connectivity index (χ1n) is 8.98. The number of thioether (sulfide) groups is 1. The smallest absolute Gasteiger partial charge is 0.255 e. The number of hydrogen-bond acceptors (Lipinski definition) is 5. The number of benzene rings is 2. The lowest BCUT2D eigenvalue weighted by atomic mass is 10.1. The molecule has 2 aromatic carbocycles. The van der Waals surface area contributed by atoms with Crippen LogP contribution in [0, 0.1) is 0 Å². The number of H-pyrrole nitrogens is 1. The van der Waals surface area contributed by atoms with Crippen LogP contribution in [0.3, 0.4) is 0 Å². The molecule has 1 aromatic heterocycles. The Bertz CT molecular complexity index is 973. The molecule has 2 N–H and O–H groups in total. The van der Waals surface area contributed by atoms with Crippen LogP contribution in [0.1, 0.15) is 28.8 Å². The molecule has 0 saturated carbocycles. The summed E-state index contributed by atoms with van der Waals surface area (Å²) in [5.74, 6) is 0.586. The Morgan fingerprint density at radius 3 is 2.71 bits per heavy atom. The topological polar surface area (TPSA) is 91.0 Å². The van der Waals surface area contributed by atoms with Gasteiger partial charge in [-0.3, -0.25) is 14.7 Å². The first-order valence-corrected chi connectivity index (χ1v) is 9.97. The van der Waals surface area contributed by atoms with Crippen molar-refractivity contribution in [2.45, 2.75) is 23.8 Å². The predicted octanol–water partition coefficient (Wildman–Crippen LogP) is 3.48. The van der Waals surface area contributed by atoms with E-state index in [4.69, 9.17) is 0 Å². The molecule has 142 valence electrons. The van der Waals surface area contributed by atoms with E-state index in [9.17, 15) is 9.59 Å². The van der Waals surface area contributed by atoms with Gasteiger partial charge in [-0.2, -0.15) is 5.10 Å². The molecule has 0 radical (unpaired) electrons. The van der Waals surface area contributed by atoms with Gasteiger partial charge in [0, 0.05) is 35.7 Å². The van der Waals surface area contributed by atoms with Crippen LogP contribution in [-0.2, 0) is 10.5 Å². The zero-order chi connectivity index (χ0) is 19.3. The van der Waals surface area contributed by atoms with Gasteiger partial charge in [-0.05, 0) is 42.3 Å². The summed E-state index contributed by atoms with van der Waals surface area (Å²) < 4.78 is 0. The molecular formula is C20H19N5O2S. The van der Waals surface area contributed by atoms with E-state index in [0.717, 1.165) is 24.2 Å². The molecule has 0 bridgehead atoms. The third-order valence-corrected chi connectivity index (χ3v) is 5.46. The van der Waals surface area contributed by atoms with Crippen molar-refractivity contribution in [3.63, 3.8) is 0 Å². The second-order valence-electron chi connectivity index (χ2n) is 6.39. The fourth-order valence-corrected chi connectivity index (χ4v) is 3.90. The summed E-state index contributed by atoms with van der Waals surface area (Å²) in [6.07, 6.45) is 2.95. The summed E-state index contributed by atoms with van der Waals surface area (Å²) in [4.78, 5) is 30.5. The van der Waals surface area contributed by atoms with E-state index in [1.54, 1.807) is 4.90 Å². The number of carbonyl (C=O) groups excluding carboxylic acids is 2. The molecule has 7 nitrogen and oxygen atoms in total. The Morgan fingerprint density at radius 2 is 2.00 bits per heavy atom. The zero-order valence-corrected chi connectivity index (χ0v) is 15.9. The van der Waals surface area contributed by atoms with Crippen molar-refractivity contribution in [1.29, 1.82) is 0 Å². The highest BCUT2D eigenvalue weighted by Gasteiger charge is 2.21. The van der Waals surface area contributed by atoms with Gasteiger partial charge in [-0.25, -0.2) is 4.98 Å². The minimum absolute atomic E-state index is 0.148. The van der Waals surface area contributed by atoms with Crippen molar-refractivity contribution in [2.24, 2.45) is 0 Å². The summed E-state index contributed by atoms with van der Waals surface area (Å²) in [5, 5.41) is 10.3. The van der Waals surface area contributed by atoms with E-state index in [1.165, 1.54) is 18.1 Å². The van der Waals surface area contributed by atoms with Crippen molar-refractivity contribution in [3.05, 3.63) is 66.0 Å². The largest absolute Gasteiger partial charge is 0.322 e. The summed E-state index contributed by atoms with van der Waals surface area (Å²) in [6.45, 7) is 0.751. The third kappa shape index (κ3) is 4.07. The number of carbonyl (C=O) groups is 2.